The van der Waals surface area contributed by atoms with Gasteiger partial charge in [0.05, 0.1) is 23.3 Å². The molecule has 87 heavy (non-hydrogen) atoms. The van der Waals surface area contributed by atoms with Crippen LogP contribution in [0.5, 0.6) is 5.75 Å². The molecule has 4 aromatic rings. The summed E-state index contributed by atoms with van der Waals surface area (Å²) in [5.41, 5.74) is 11.3. The van der Waals surface area contributed by atoms with E-state index in [0.29, 0.717) is 22.6 Å². The summed E-state index contributed by atoms with van der Waals surface area (Å²) in [6.07, 6.45) is 2.65. The largest absolute Gasteiger partial charge is 0.489 e. The third-order valence-electron chi connectivity index (χ3n) is 15.0. The van der Waals surface area contributed by atoms with E-state index < -0.39 is 140 Å². The van der Waals surface area contributed by atoms with Crippen molar-refractivity contribution in [3.63, 3.8) is 0 Å². The number of methoxy groups -OCH3 is 1. The summed E-state index contributed by atoms with van der Waals surface area (Å²) in [6, 6.07) is 8.25. The number of nitrogens with two attached hydrogens (primary N) is 2. The Bertz CT molecular complexity index is 3070. The molecule has 9 atom stereocenters. The van der Waals surface area contributed by atoms with Crippen LogP contribution in [0.15, 0.2) is 90.3 Å². The molecule has 30 nitrogen and oxygen atoms in total. The zero-order valence-electron chi connectivity index (χ0n) is 49.5. The van der Waals surface area contributed by atoms with Crippen molar-refractivity contribution in [1.82, 2.24) is 41.6 Å². The Morgan fingerprint density at radius 2 is 1.44 bits per heavy atom. The predicted molar refractivity (Wildman–Crippen MR) is 316 cm³/mol. The Morgan fingerprint density at radius 1 is 0.782 bits per heavy atom. The molecule has 3 aromatic carbocycles. The summed E-state index contributed by atoms with van der Waals surface area (Å²) >= 11 is 0. The van der Waals surface area contributed by atoms with Gasteiger partial charge >= 0.3 is 17.3 Å². The number of carbonyl (C=O) groups is 7. The Morgan fingerprint density at radius 3 is 2.02 bits per heavy atom. The number of benzene rings is 3. The number of aliphatic imine (C=N–C) groups is 1. The van der Waals surface area contributed by atoms with Crippen molar-refractivity contribution < 1.29 is 57.9 Å². The number of nitrogens with one attached hydrogen (secondary N) is 6. The molecular formula is C57H77N15O15. The minimum atomic E-state index is -1.88. The maximum absolute atomic E-state index is 16.1. The lowest BCUT2D eigenvalue weighted by Gasteiger charge is -2.38. The number of hydrogen-bond acceptors (Lipinski definition) is 17. The number of nitro benzene ring substituents is 2. The third-order valence-corrected chi connectivity index (χ3v) is 15.0. The van der Waals surface area contributed by atoms with E-state index in [9.17, 15) is 49.5 Å². The summed E-state index contributed by atoms with van der Waals surface area (Å²) in [5.74, 6) is -8.34. The summed E-state index contributed by atoms with van der Waals surface area (Å²) in [5, 5.41) is 47.2. The second kappa shape index (κ2) is 32.5. The minimum absolute atomic E-state index is 0.0220. The van der Waals surface area contributed by atoms with Crippen LogP contribution >= 0.6 is 0 Å². The van der Waals surface area contributed by atoms with Gasteiger partial charge in [-0.25, -0.2) is 19.9 Å². The number of nitrogens with zero attached hydrogens (tertiary/aromatic N) is 7. The first-order valence-electron chi connectivity index (χ1n) is 28.4. The van der Waals surface area contributed by atoms with Gasteiger partial charge in [0.1, 0.15) is 54.3 Å². The zero-order valence-corrected chi connectivity index (χ0v) is 49.5. The maximum atomic E-state index is 16.1. The van der Waals surface area contributed by atoms with Gasteiger partial charge in [-0.3, -0.25) is 58.9 Å². The molecule has 0 saturated carbocycles. The summed E-state index contributed by atoms with van der Waals surface area (Å²) in [6.45, 7) is 10.1. The molecule has 1 aliphatic heterocycles. The van der Waals surface area contributed by atoms with Gasteiger partial charge < -0.3 is 52.1 Å². The molecule has 5 rings (SSSR count). The molecule has 0 unspecified atom stereocenters. The standard InChI is InChI=1S/C57H77N15O15/c1-8-34(5)47(65-51(74)41(28-36-22-24-39(25-23-36)87-31-37-16-11-10-12-17-37)63-53(76)46(33(3)4)64-50(73)40(67-72(84)85)18-14-26-61-57(58)59)55(78)69(42-19-13-20-43(70(80)81)49(42)71(82)83)45(29-38-30-60-32-62-38)54(77)68-27-15-21-44(68)52(75)66-48(35(6)9-2)56(79)86-7/h10-13,16-17,19-20,22-25,30,32-35,40-41,44-48,67H,8-9,14-15,18,21,26-29,31H2,1-7H3,(H,60,62)(H,63,76)(H,64,73)(H,65,74)(H,66,75)(H4,58,59,61)/t34-,35-,40-,41-,44-,45-,46-,47-,48-/m0/s1. The van der Waals surface area contributed by atoms with E-state index in [1.54, 1.807) is 65.8 Å². The lowest BCUT2D eigenvalue weighted by atomic mass is 9.94. The lowest BCUT2D eigenvalue weighted by molar-refractivity contribution is -0.548. The van der Waals surface area contributed by atoms with Gasteiger partial charge in [0.25, 0.3) is 5.91 Å². The number of hydrazine groups is 1. The first-order valence-corrected chi connectivity index (χ1v) is 28.4. The SMILES string of the molecule is CC[C@H](C)[C@H](NC(=O)[C@@H]1CCCN1C(=O)[C@H](Cc1cnc[nH]1)N(C(=O)[C@@H](NC(=O)[C@H](Cc1ccc(OCc2ccccc2)cc1)NC(=O)[C@@H](NC(=O)[C@H](CCCN=C(N)N)N[N+](=O)[O-])C(C)C)[C@@H](C)CC)c1cccc([N+](=O)[O-])c1[N+](=O)[O-])C(=O)OC. The van der Waals surface area contributed by atoms with Gasteiger partial charge in [0, 0.05) is 43.9 Å². The zero-order chi connectivity index (χ0) is 64.1. The summed E-state index contributed by atoms with van der Waals surface area (Å²) in [4.78, 5) is 151. The van der Waals surface area contributed by atoms with Crippen molar-refractivity contribution >= 4 is 64.4 Å². The number of aromatic amines is 1. The maximum Gasteiger partial charge on any atom is 0.369 e. The van der Waals surface area contributed by atoms with E-state index in [1.165, 1.54) is 12.5 Å². The highest BCUT2D eigenvalue weighted by Gasteiger charge is 2.47. The fourth-order valence-electron chi connectivity index (χ4n) is 9.85. The van der Waals surface area contributed by atoms with Crippen LogP contribution in [-0.2, 0) is 57.7 Å². The van der Waals surface area contributed by atoms with Gasteiger partial charge in [-0.1, -0.05) is 103 Å². The molecule has 0 aliphatic carbocycles. The van der Waals surface area contributed by atoms with Crippen LogP contribution in [0.1, 0.15) is 96.9 Å². The molecule has 6 amide bonds. The van der Waals surface area contributed by atoms with Crippen LogP contribution in [0, 0.1) is 48.1 Å². The van der Waals surface area contributed by atoms with Gasteiger partial charge in [0.2, 0.25) is 29.5 Å². The number of nitro groups is 3. The Kier molecular flexibility index (Phi) is 25.4. The number of hydrogen-bond donors (Lipinski definition) is 8. The topological polar surface area (TPSA) is 427 Å². The Labute approximate surface area is 501 Å². The average molecular weight is 1210 g/mol. The highest BCUT2D eigenvalue weighted by Crippen LogP contribution is 2.40. The van der Waals surface area contributed by atoms with E-state index in [-0.39, 0.29) is 69.9 Å². The number of rotatable bonds is 33. The van der Waals surface area contributed by atoms with E-state index in [2.05, 4.69) is 36.2 Å². The Hall–Kier alpha value is -9.77. The smallest absolute Gasteiger partial charge is 0.369 e. The average Bonchev–Trinajstić information content (AvgIpc) is 1.73. The number of carbonyl (C=O) groups excluding carboxylic acids is 7. The molecule has 0 radical (unpaired) electrons. The monoisotopic (exact) mass is 1210 g/mol. The van der Waals surface area contributed by atoms with Crippen molar-refractivity contribution in [1.29, 1.82) is 0 Å². The van der Waals surface area contributed by atoms with Gasteiger partial charge in [-0.2, -0.15) is 0 Å². The molecule has 470 valence electrons. The molecule has 1 saturated heterocycles. The molecular weight excluding hydrogens is 1130 g/mol. The van der Waals surface area contributed by atoms with Gasteiger partial charge in [-0.05, 0) is 72.8 Å². The quantitative estimate of drug-likeness (QED) is 0.00848. The number of esters is 1. The van der Waals surface area contributed by atoms with Gasteiger partial charge in [-0.15, -0.1) is 5.43 Å². The highest BCUT2D eigenvalue weighted by atomic mass is 16.7. The number of guanidine groups is 1. The number of likely N-dealkylation sites (tertiary alicyclic amines) is 1. The van der Waals surface area contributed by atoms with Crippen LogP contribution in [0.25, 0.3) is 0 Å². The molecule has 10 N–H and O–H groups in total. The van der Waals surface area contributed by atoms with Crippen LogP contribution in [-0.4, -0.2) is 140 Å². The van der Waals surface area contributed by atoms with E-state index >= 15 is 14.4 Å². The highest BCUT2D eigenvalue weighted by molar-refractivity contribution is 6.08. The molecule has 2 heterocycles. The second-order valence-electron chi connectivity index (χ2n) is 21.4. The van der Waals surface area contributed by atoms with Crippen LogP contribution in [0.2, 0.25) is 0 Å². The number of amides is 6. The first-order chi connectivity index (χ1) is 41.4. The summed E-state index contributed by atoms with van der Waals surface area (Å²) in [7, 11) is 1.16. The number of imidazole rings is 1. The van der Waals surface area contributed by atoms with Crippen LogP contribution in [0.3, 0.4) is 0 Å². The summed E-state index contributed by atoms with van der Waals surface area (Å²) < 4.78 is 11.0. The fraction of sp³-hybridized carbons (Fsp3) is 0.491. The normalized spacial score (nSPS) is 15.6. The molecule has 0 spiro atoms. The fourth-order valence-corrected chi connectivity index (χ4v) is 9.85. The van der Waals surface area contributed by atoms with Crippen LogP contribution in [0.4, 0.5) is 17.1 Å². The second-order valence-corrected chi connectivity index (χ2v) is 21.4. The third kappa shape index (κ3) is 18.9. The van der Waals surface area contributed by atoms with E-state index in [4.69, 9.17) is 20.9 Å². The number of ether oxygens (including phenoxy) is 2. The van der Waals surface area contributed by atoms with E-state index in [0.717, 1.165) is 35.8 Å². The molecule has 1 aromatic heterocycles. The van der Waals surface area contributed by atoms with Crippen molar-refractivity contribution in [3.05, 3.63) is 132 Å². The minimum Gasteiger partial charge on any atom is -0.489 e. The lowest BCUT2D eigenvalue weighted by Crippen LogP contribution is -2.63. The predicted octanol–water partition coefficient (Wildman–Crippen LogP) is 3.05. The van der Waals surface area contributed by atoms with E-state index in [1.807, 2.05) is 35.8 Å². The van der Waals surface area contributed by atoms with Crippen molar-refractivity contribution in [2.45, 2.75) is 142 Å². The number of para-hydroxylation sites is 1. The van der Waals surface area contributed by atoms with Crippen molar-refractivity contribution in [2.24, 2.45) is 34.2 Å². The molecule has 1 fully saturated rings. The number of anilines is 1. The molecule has 1 aliphatic rings. The van der Waals surface area contributed by atoms with Crippen LogP contribution < -0.4 is 47.8 Å². The first kappa shape index (κ1) is 68.0. The number of H-pyrrole nitrogens is 1. The Balaban J connectivity index is 1.63. The molecule has 30 heteroatoms. The number of aromatic nitrogens is 2. The van der Waals surface area contributed by atoms with Gasteiger partial charge in [0.15, 0.2) is 17.0 Å². The van der Waals surface area contributed by atoms with Crippen molar-refractivity contribution in [2.75, 3.05) is 25.1 Å². The van der Waals surface area contributed by atoms with Crippen molar-refractivity contribution in [3.8, 4) is 5.75 Å². The molecule has 0 bridgehead atoms.